The van der Waals surface area contributed by atoms with Crippen LogP contribution in [0.1, 0.15) is 0 Å². The molecule has 3 aromatic rings. The van der Waals surface area contributed by atoms with E-state index in [4.69, 9.17) is 0 Å². The van der Waals surface area contributed by atoms with E-state index < -0.39 is 26.8 Å². The molecule has 0 radical (unpaired) electrons. The molecule has 9 heteroatoms. The van der Waals surface area contributed by atoms with Gasteiger partial charge in [-0.15, -0.1) is 0 Å². The van der Waals surface area contributed by atoms with Gasteiger partial charge in [-0.2, -0.15) is 0 Å². The van der Waals surface area contributed by atoms with Crippen molar-refractivity contribution in [3.63, 3.8) is 0 Å². The molecule has 0 aliphatic rings. The third kappa shape index (κ3) is 2.50. The van der Waals surface area contributed by atoms with Gasteiger partial charge in [0.25, 0.3) is 5.56 Å². The minimum Gasteiger partial charge on any atom is -0.306 e. The Morgan fingerprint density at radius 2 is 1.65 bits per heavy atom. The maximum absolute atomic E-state index is 12.0. The second-order valence-corrected chi connectivity index (χ2v) is 4.65. The number of benzene rings is 2. The average molecular weight is 312 g/mol. The van der Waals surface area contributed by atoms with Crippen molar-refractivity contribution in [1.29, 1.82) is 0 Å². The number of nitrogens with one attached hydrogen (secondary N) is 1. The summed E-state index contributed by atoms with van der Waals surface area (Å²) in [5, 5.41) is 22.2. The van der Waals surface area contributed by atoms with Crippen molar-refractivity contribution < 1.29 is 9.85 Å². The highest BCUT2D eigenvalue weighted by Crippen LogP contribution is 2.30. The van der Waals surface area contributed by atoms with Crippen LogP contribution in [0.2, 0.25) is 0 Å². The van der Waals surface area contributed by atoms with E-state index in [1.54, 1.807) is 24.3 Å². The Balaban J connectivity index is 2.23. The second-order valence-electron chi connectivity index (χ2n) is 4.65. The van der Waals surface area contributed by atoms with Gasteiger partial charge in [0, 0.05) is 17.7 Å². The van der Waals surface area contributed by atoms with Gasteiger partial charge in [0.2, 0.25) is 0 Å². The quantitative estimate of drug-likeness (QED) is 0.583. The summed E-state index contributed by atoms with van der Waals surface area (Å²) in [7, 11) is 0. The molecule has 0 spiro atoms. The number of rotatable bonds is 3. The molecule has 0 saturated carbocycles. The van der Waals surface area contributed by atoms with Crippen LogP contribution in [-0.4, -0.2) is 19.8 Å². The molecule has 0 aliphatic carbocycles. The first-order valence-corrected chi connectivity index (χ1v) is 6.39. The van der Waals surface area contributed by atoms with E-state index in [0.29, 0.717) is 10.9 Å². The lowest BCUT2D eigenvalue weighted by atomic mass is 10.1. The van der Waals surface area contributed by atoms with Gasteiger partial charge in [-0.3, -0.25) is 25.0 Å². The number of aromatic amines is 1. The van der Waals surface area contributed by atoms with Crippen molar-refractivity contribution in [2.75, 3.05) is 0 Å². The lowest BCUT2D eigenvalue weighted by molar-refractivity contribution is -0.422. The highest BCUT2D eigenvalue weighted by Gasteiger charge is 2.25. The Morgan fingerprint density at radius 1 is 0.957 bits per heavy atom. The molecule has 0 aliphatic heterocycles. The van der Waals surface area contributed by atoms with Gasteiger partial charge < -0.3 is 4.98 Å². The van der Waals surface area contributed by atoms with Crippen LogP contribution in [0.25, 0.3) is 22.3 Å². The summed E-state index contributed by atoms with van der Waals surface area (Å²) in [5.41, 5.74) is -1.05. The molecule has 0 amide bonds. The van der Waals surface area contributed by atoms with Crippen LogP contribution in [0.4, 0.5) is 11.4 Å². The predicted octanol–water partition coefficient (Wildman–Crippen LogP) is 2.41. The summed E-state index contributed by atoms with van der Waals surface area (Å²) in [4.78, 5) is 38.9. The zero-order chi connectivity index (χ0) is 16.6. The van der Waals surface area contributed by atoms with E-state index in [9.17, 15) is 25.0 Å². The van der Waals surface area contributed by atoms with Crippen LogP contribution in [0.5, 0.6) is 0 Å². The summed E-state index contributed by atoms with van der Waals surface area (Å²) >= 11 is 0. The Hall–Kier alpha value is -3.62. The predicted molar refractivity (Wildman–Crippen MR) is 81.1 cm³/mol. The number of para-hydroxylation sites is 1. The minimum atomic E-state index is -0.846. The van der Waals surface area contributed by atoms with Crippen molar-refractivity contribution in [2.45, 2.75) is 0 Å². The Labute approximate surface area is 127 Å². The van der Waals surface area contributed by atoms with Crippen LogP contribution < -0.4 is 5.56 Å². The fourth-order valence-electron chi connectivity index (χ4n) is 2.19. The number of hydrogen-bond acceptors (Lipinski definition) is 6. The molecule has 0 fully saturated rings. The van der Waals surface area contributed by atoms with E-state index in [2.05, 4.69) is 9.97 Å². The maximum atomic E-state index is 12.0. The first-order chi connectivity index (χ1) is 11.0. The van der Waals surface area contributed by atoms with E-state index >= 15 is 0 Å². The fraction of sp³-hybridized carbons (Fsp3) is 0. The van der Waals surface area contributed by atoms with Gasteiger partial charge in [-0.25, -0.2) is 4.98 Å². The molecule has 0 bridgehead atoms. The normalized spacial score (nSPS) is 10.6. The van der Waals surface area contributed by atoms with Gasteiger partial charge in [-0.1, -0.05) is 12.1 Å². The molecule has 2 aromatic carbocycles. The number of fused-ring (bicyclic) bond motifs is 1. The third-order valence-corrected chi connectivity index (χ3v) is 3.26. The van der Waals surface area contributed by atoms with Gasteiger partial charge in [0.15, 0.2) is 0 Å². The summed E-state index contributed by atoms with van der Waals surface area (Å²) in [6.07, 6.45) is 0. The molecule has 0 atom stereocenters. The lowest BCUT2D eigenvalue weighted by Gasteiger charge is -2.03. The highest BCUT2D eigenvalue weighted by atomic mass is 16.6. The molecular weight excluding hydrogens is 304 g/mol. The summed E-state index contributed by atoms with van der Waals surface area (Å²) in [5.74, 6) is 0.103. The molecule has 0 unspecified atom stereocenters. The third-order valence-electron chi connectivity index (χ3n) is 3.26. The van der Waals surface area contributed by atoms with Crippen LogP contribution in [0.3, 0.4) is 0 Å². The van der Waals surface area contributed by atoms with E-state index in [1.165, 1.54) is 6.07 Å². The van der Waals surface area contributed by atoms with Crippen molar-refractivity contribution in [3.8, 4) is 11.4 Å². The standard InChI is InChI=1S/C14H8N4O5/c19-14-9-3-1-2-4-10(9)15-13(16-14)8-5-6-11(17(20)21)12(7-8)18(22)23/h1-7H,(H,15,16,19). The smallest absolute Gasteiger partial charge is 0.306 e. The molecule has 23 heavy (non-hydrogen) atoms. The lowest BCUT2D eigenvalue weighted by Crippen LogP contribution is -2.09. The number of nitro benzene ring substituents is 2. The Kier molecular flexibility index (Phi) is 3.30. The number of nitrogens with zero attached hydrogens (tertiary/aromatic N) is 3. The molecule has 0 saturated heterocycles. The molecule has 1 aromatic heterocycles. The summed E-state index contributed by atoms with van der Waals surface area (Å²) in [6, 6.07) is 9.97. The number of H-pyrrole nitrogens is 1. The molecule has 9 nitrogen and oxygen atoms in total. The van der Waals surface area contributed by atoms with Gasteiger partial charge in [0.1, 0.15) is 5.82 Å². The Morgan fingerprint density at radius 3 is 2.35 bits per heavy atom. The van der Waals surface area contributed by atoms with E-state index in [1.807, 2.05) is 0 Å². The minimum absolute atomic E-state index is 0.103. The molecule has 1 N–H and O–H groups in total. The first-order valence-electron chi connectivity index (χ1n) is 6.39. The van der Waals surface area contributed by atoms with Crippen molar-refractivity contribution >= 4 is 22.3 Å². The van der Waals surface area contributed by atoms with Crippen LogP contribution in [0.15, 0.2) is 47.3 Å². The van der Waals surface area contributed by atoms with Crippen LogP contribution in [0, 0.1) is 20.2 Å². The molecule has 3 rings (SSSR count). The second kappa shape index (κ2) is 5.30. The van der Waals surface area contributed by atoms with Crippen molar-refractivity contribution in [3.05, 3.63) is 73.0 Å². The fourth-order valence-corrected chi connectivity index (χ4v) is 2.19. The van der Waals surface area contributed by atoms with E-state index in [-0.39, 0.29) is 11.4 Å². The van der Waals surface area contributed by atoms with Crippen LogP contribution in [-0.2, 0) is 0 Å². The monoisotopic (exact) mass is 312 g/mol. The number of hydrogen-bond donors (Lipinski definition) is 1. The van der Waals surface area contributed by atoms with Crippen molar-refractivity contribution in [2.24, 2.45) is 0 Å². The number of aromatic nitrogens is 2. The summed E-state index contributed by atoms with van der Waals surface area (Å²) in [6.45, 7) is 0. The topological polar surface area (TPSA) is 132 Å². The molecule has 1 heterocycles. The average Bonchev–Trinajstić information content (AvgIpc) is 2.54. The molecular formula is C14H8N4O5. The van der Waals surface area contributed by atoms with Gasteiger partial charge in [-0.05, 0) is 18.2 Å². The van der Waals surface area contributed by atoms with Gasteiger partial charge in [0.05, 0.1) is 20.7 Å². The van der Waals surface area contributed by atoms with Gasteiger partial charge >= 0.3 is 11.4 Å². The Bertz CT molecular complexity index is 1010. The van der Waals surface area contributed by atoms with Crippen molar-refractivity contribution in [1.82, 2.24) is 9.97 Å². The highest BCUT2D eigenvalue weighted by molar-refractivity contribution is 5.79. The van der Waals surface area contributed by atoms with E-state index in [0.717, 1.165) is 12.1 Å². The zero-order valence-corrected chi connectivity index (χ0v) is 11.4. The largest absolute Gasteiger partial charge is 0.346 e. The SMILES string of the molecule is O=c1[nH]c(-c2ccc([N+](=O)[O-])c([N+](=O)[O-])c2)nc2ccccc12. The van der Waals surface area contributed by atoms with Crippen LogP contribution >= 0.6 is 0 Å². The maximum Gasteiger partial charge on any atom is 0.346 e. The zero-order valence-electron chi connectivity index (χ0n) is 11.4. The number of nitro groups is 2. The molecule has 114 valence electrons. The summed E-state index contributed by atoms with van der Waals surface area (Å²) < 4.78 is 0. The first kappa shape index (κ1) is 14.3.